The Balaban J connectivity index is 2.44. The average Bonchev–Trinajstić information content (AvgIpc) is 2.19. The first-order valence-electron chi connectivity index (χ1n) is 4.58. The first-order valence-corrected chi connectivity index (χ1v) is 4.96. The van der Waals surface area contributed by atoms with E-state index in [-0.39, 0.29) is 0 Å². The van der Waals surface area contributed by atoms with Crippen LogP contribution in [0.4, 0.5) is 0 Å². The molecule has 14 heavy (non-hydrogen) atoms. The van der Waals surface area contributed by atoms with E-state index in [1.54, 1.807) is 0 Å². The molecule has 0 aliphatic carbocycles. The molecule has 0 aromatic heterocycles. The van der Waals surface area contributed by atoms with Crippen LogP contribution in [-0.2, 0) is 0 Å². The summed E-state index contributed by atoms with van der Waals surface area (Å²) in [4.78, 5) is 0. The molecule has 2 aromatic rings. The molecule has 0 radical (unpaired) electrons. The monoisotopic (exact) mass is 200 g/mol. The van der Waals surface area contributed by atoms with Gasteiger partial charge in [-0.15, -0.1) is 0 Å². The zero-order valence-electron chi connectivity index (χ0n) is 8.00. The first-order chi connectivity index (χ1) is 6.75. The minimum Gasteiger partial charge on any atom is -0.0889 e. The summed E-state index contributed by atoms with van der Waals surface area (Å²) >= 11 is 5.93. The second-order valence-electron chi connectivity index (χ2n) is 3.38. The van der Waals surface area contributed by atoms with E-state index in [2.05, 4.69) is 38.2 Å². The summed E-state index contributed by atoms with van der Waals surface area (Å²) in [5, 5.41) is 0.781. The van der Waals surface area contributed by atoms with Crippen LogP contribution in [0.25, 0.3) is 11.1 Å². The molecule has 0 saturated heterocycles. The molecule has 0 spiro atoms. The van der Waals surface area contributed by atoms with Crippen molar-refractivity contribution in [1.82, 2.24) is 0 Å². The number of benzene rings is 2. The van der Waals surface area contributed by atoms with Crippen LogP contribution in [0.3, 0.4) is 0 Å². The van der Waals surface area contributed by atoms with E-state index in [1.165, 1.54) is 11.0 Å². The van der Waals surface area contributed by atoms with Crippen LogP contribution in [0.1, 0.15) is 0 Å². The third-order valence-corrected chi connectivity index (χ3v) is 2.44. The summed E-state index contributed by atoms with van der Waals surface area (Å²) in [5.41, 5.74) is 3.64. The van der Waals surface area contributed by atoms with Gasteiger partial charge in [0.05, 0.1) is 0 Å². The van der Waals surface area contributed by atoms with Gasteiger partial charge in [0.1, 0.15) is 7.85 Å². The van der Waals surface area contributed by atoms with Crippen molar-refractivity contribution < 1.29 is 0 Å². The van der Waals surface area contributed by atoms with Gasteiger partial charge in [0.2, 0.25) is 0 Å². The normalized spacial score (nSPS) is 10.1. The van der Waals surface area contributed by atoms with Gasteiger partial charge in [-0.2, -0.15) is 0 Å². The van der Waals surface area contributed by atoms with E-state index in [9.17, 15) is 0 Å². The van der Waals surface area contributed by atoms with Crippen molar-refractivity contribution in [1.29, 1.82) is 0 Å². The summed E-state index contributed by atoms with van der Waals surface area (Å²) < 4.78 is 0. The maximum Gasteiger partial charge on any atom is 0.139 e. The molecule has 0 bridgehead atoms. The molecule has 0 unspecified atom stereocenters. The van der Waals surface area contributed by atoms with Gasteiger partial charge in [0.25, 0.3) is 0 Å². The molecule has 0 saturated carbocycles. The summed E-state index contributed by atoms with van der Waals surface area (Å²) in [6.45, 7) is 0. The smallest absolute Gasteiger partial charge is 0.0889 e. The average molecular weight is 200 g/mol. The van der Waals surface area contributed by atoms with Crippen LogP contribution in [-0.4, -0.2) is 7.85 Å². The van der Waals surface area contributed by atoms with Crippen molar-refractivity contribution >= 4 is 24.9 Å². The number of hydrogen-bond donors (Lipinski definition) is 0. The molecule has 0 fully saturated rings. The van der Waals surface area contributed by atoms with Gasteiger partial charge < -0.3 is 0 Å². The van der Waals surface area contributed by atoms with Crippen LogP contribution in [0.15, 0.2) is 48.5 Å². The highest BCUT2D eigenvalue weighted by atomic mass is 35.5. The van der Waals surface area contributed by atoms with Crippen LogP contribution in [0, 0.1) is 0 Å². The van der Waals surface area contributed by atoms with Crippen LogP contribution >= 0.6 is 11.6 Å². The van der Waals surface area contributed by atoms with E-state index >= 15 is 0 Å². The van der Waals surface area contributed by atoms with E-state index in [0.29, 0.717) is 0 Å². The molecular formula is C12H10BCl. The van der Waals surface area contributed by atoms with Crippen LogP contribution in [0.5, 0.6) is 0 Å². The van der Waals surface area contributed by atoms with Crippen molar-refractivity contribution in [3.63, 3.8) is 0 Å². The van der Waals surface area contributed by atoms with Crippen molar-refractivity contribution in [2.75, 3.05) is 0 Å². The molecule has 0 heterocycles. The SMILES string of the molecule is Bc1ccc(-c2cccc(Cl)c2)cc1. The fourth-order valence-electron chi connectivity index (χ4n) is 1.41. The summed E-state index contributed by atoms with van der Waals surface area (Å²) in [6, 6.07) is 16.3. The fraction of sp³-hybridized carbons (Fsp3) is 0. The highest BCUT2D eigenvalue weighted by molar-refractivity contribution is 6.32. The van der Waals surface area contributed by atoms with E-state index in [4.69, 9.17) is 11.6 Å². The standard InChI is InChI=1S/C12H10BCl/c13-11-6-4-9(5-7-11)10-2-1-3-12(14)8-10/h1-8H,13H2. The molecule has 0 aliphatic heterocycles. The van der Waals surface area contributed by atoms with Gasteiger partial charge in [-0.25, -0.2) is 0 Å². The van der Waals surface area contributed by atoms with Gasteiger partial charge in [-0.3, -0.25) is 0 Å². The van der Waals surface area contributed by atoms with E-state index in [1.807, 2.05) is 18.2 Å². The van der Waals surface area contributed by atoms with E-state index < -0.39 is 0 Å². The summed E-state index contributed by atoms with van der Waals surface area (Å²) in [5.74, 6) is 0. The number of rotatable bonds is 1. The Morgan fingerprint density at radius 1 is 0.857 bits per heavy atom. The Morgan fingerprint density at radius 3 is 2.21 bits per heavy atom. The molecule has 0 aliphatic rings. The second-order valence-corrected chi connectivity index (χ2v) is 3.81. The Morgan fingerprint density at radius 2 is 1.57 bits per heavy atom. The fourth-order valence-corrected chi connectivity index (χ4v) is 1.60. The molecule has 0 nitrogen and oxygen atoms in total. The molecule has 0 N–H and O–H groups in total. The quantitative estimate of drug-likeness (QED) is 0.620. The lowest BCUT2D eigenvalue weighted by Gasteiger charge is -2.02. The summed E-state index contributed by atoms with van der Waals surface area (Å²) in [7, 11) is 2.09. The molecule has 0 amide bonds. The first kappa shape index (κ1) is 9.35. The highest BCUT2D eigenvalue weighted by Crippen LogP contribution is 2.21. The van der Waals surface area contributed by atoms with Crippen molar-refractivity contribution in [2.45, 2.75) is 0 Å². The molecule has 2 aromatic carbocycles. The number of hydrogen-bond acceptors (Lipinski definition) is 0. The van der Waals surface area contributed by atoms with E-state index in [0.717, 1.165) is 10.6 Å². The predicted molar refractivity (Wildman–Crippen MR) is 65.1 cm³/mol. The minimum absolute atomic E-state index is 0.781. The second kappa shape index (κ2) is 3.89. The maximum absolute atomic E-state index is 5.93. The number of halogens is 1. The van der Waals surface area contributed by atoms with Gasteiger partial charge in [0.15, 0.2) is 0 Å². The maximum atomic E-state index is 5.93. The Labute approximate surface area is 89.9 Å². The third-order valence-electron chi connectivity index (χ3n) is 2.21. The zero-order valence-corrected chi connectivity index (χ0v) is 8.75. The van der Waals surface area contributed by atoms with Crippen molar-refractivity contribution in [3.05, 3.63) is 53.6 Å². The van der Waals surface area contributed by atoms with Crippen LogP contribution < -0.4 is 5.46 Å². The highest BCUT2D eigenvalue weighted by Gasteiger charge is 1.96. The lowest BCUT2D eigenvalue weighted by Crippen LogP contribution is -1.98. The third kappa shape index (κ3) is 1.99. The molecule has 2 heteroatoms. The molecule has 68 valence electrons. The van der Waals surface area contributed by atoms with Gasteiger partial charge in [-0.05, 0) is 23.3 Å². The van der Waals surface area contributed by atoms with Crippen molar-refractivity contribution in [2.24, 2.45) is 0 Å². The van der Waals surface area contributed by atoms with Gasteiger partial charge in [0, 0.05) is 5.02 Å². The van der Waals surface area contributed by atoms with Crippen LogP contribution in [0.2, 0.25) is 5.02 Å². The topological polar surface area (TPSA) is 0 Å². The lowest BCUT2D eigenvalue weighted by molar-refractivity contribution is 1.63. The largest absolute Gasteiger partial charge is 0.139 e. The Hall–Kier alpha value is -1.21. The lowest BCUT2D eigenvalue weighted by atomic mass is 9.94. The molecule has 2 rings (SSSR count). The minimum atomic E-state index is 0.781. The predicted octanol–water partition coefficient (Wildman–Crippen LogP) is 2.27. The Kier molecular flexibility index (Phi) is 2.60. The summed E-state index contributed by atoms with van der Waals surface area (Å²) in [6.07, 6.45) is 0. The van der Waals surface area contributed by atoms with Gasteiger partial charge >= 0.3 is 0 Å². The zero-order chi connectivity index (χ0) is 9.97. The van der Waals surface area contributed by atoms with Gasteiger partial charge in [-0.1, -0.05) is 53.5 Å². The Bertz CT molecular complexity index is 434. The molecule has 0 atom stereocenters. The molecular weight excluding hydrogens is 190 g/mol. The van der Waals surface area contributed by atoms with Crippen molar-refractivity contribution in [3.8, 4) is 11.1 Å².